The lowest BCUT2D eigenvalue weighted by atomic mass is 9.97. The lowest BCUT2D eigenvalue weighted by molar-refractivity contribution is -0.255. The minimum atomic E-state index is -1.24. The zero-order valence-electron chi connectivity index (χ0n) is 15.5. The summed E-state index contributed by atoms with van der Waals surface area (Å²) in [4.78, 5) is 28.5. The number of nitrogens with zero attached hydrogens (tertiary/aromatic N) is 1. The third kappa shape index (κ3) is 4.20. The molecule has 0 spiro atoms. The first-order chi connectivity index (χ1) is 13.4. The predicted octanol–water partition coefficient (Wildman–Crippen LogP) is 2.97. The molecule has 7 heteroatoms. The molecule has 6 nitrogen and oxygen atoms in total. The third-order valence-corrected chi connectivity index (χ3v) is 5.12. The summed E-state index contributed by atoms with van der Waals surface area (Å²) in [5.41, 5.74) is 8.18. The molecule has 0 radical (unpaired) electrons. The Morgan fingerprint density at radius 2 is 1.93 bits per heavy atom. The standard InChI is InChI=1S/C21H20N2O4S/c1-12(2)15-10-16(17-4-3-9-28-17)23-20(18(15)19(22)24)27-11-13-5-7-14(8-6-13)21(25)26/h3-10,12H,11H2,1-2H3,(H2,22,24)(H,25,26)/p-1. The molecule has 0 saturated carbocycles. The van der Waals surface area contributed by atoms with Gasteiger partial charge in [-0.05, 0) is 40.1 Å². The first-order valence-corrected chi connectivity index (χ1v) is 9.56. The van der Waals surface area contributed by atoms with E-state index in [1.54, 1.807) is 23.5 Å². The normalized spacial score (nSPS) is 10.8. The van der Waals surface area contributed by atoms with E-state index in [0.717, 1.165) is 16.0 Å². The van der Waals surface area contributed by atoms with Gasteiger partial charge in [0.2, 0.25) is 5.88 Å². The van der Waals surface area contributed by atoms with E-state index in [-0.39, 0.29) is 29.5 Å². The van der Waals surface area contributed by atoms with E-state index in [1.165, 1.54) is 12.1 Å². The summed E-state index contributed by atoms with van der Waals surface area (Å²) < 4.78 is 5.84. The Labute approximate surface area is 166 Å². The number of nitrogens with two attached hydrogens (primary N) is 1. The summed E-state index contributed by atoms with van der Waals surface area (Å²) in [5, 5.41) is 12.8. The summed E-state index contributed by atoms with van der Waals surface area (Å²) in [5.74, 6) is -1.62. The molecule has 2 N–H and O–H groups in total. The number of ether oxygens (including phenoxy) is 1. The zero-order chi connectivity index (χ0) is 20.3. The molecule has 1 aromatic carbocycles. The van der Waals surface area contributed by atoms with E-state index in [1.807, 2.05) is 37.4 Å². The van der Waals surface area contributed by atoms with Gasteiger partial charge >= 0.3 is 0 Å². The van der Waals surface area contributed by atoms with Gasteiger partial charge in [-0.3, -0.25) is 4.79 Å². The highest BCUT2D eigenvalue weighted by Gasteiger charge is 2.21. The fourth-order valence-electron chi connectivity index (χ4n) is 2.79. The minimum Gasteiger partial charge on any atom is -0.545 e. The first-order valence-electron chi connectivity index (χ1n) is 8.68. The van der Waals surface area contributed by atoms with E-state index < -0.39 is 11.9 Å². The minimum absolute atomic E-state index is 0.0499. The predicted molar refractivity (Wildman–Crippen MR) is 105 cm³/mol. The smallest absolute Gasteiger partial charge is 0.254 e. The number of carbonyl (C=O) groups is 2. The highest BCUT2D eigenvalue weighted by Crippen LogP contribution is 2.33. The molecule has 0 saturated heterocycles. The maximum atomic E-state index is 12.1. The molecular formula is C21H19N2O4S-. The quantitative estimate of drug-likeness (QED) is 0.662. The molecule has 0 aliphatic rings. The van der Waals surface area contributed by atoms with Crippen LogP contribution in [0.1, 0.15) is 51.6 Å². The lowest BCUT2D eigenvalue weighted by Gasteiger charge is -2.17. The summed E-state index contributed by atoms with van der Waals surface area (Å²) in [6, 6.07) is 11.9. The van der Waals surface area contributed by atoms with Gasteiger partial charge < -0.3 is 20.4 Å². The Balaban J connectivity index is 1.97. The SMILES string of the molecule is CC(C)c1cc(-c2cccs2)nc(OCc2ccc(C(=O)[O-])cc2)c1C(N)=O. The summed E-state index contributed by atoms with van der Waals surface area (Å²) in [6.07, 6.45) is 0. The van der Waals surface area contributed by atoms with E-state index in [2.05, 4.69) is 4.98 Å². The van der Waals surface area contributed by atoms with Crippen LogP contribution in [0.3, 0.4) is 0 Å². The fraction of sp³-hybridized carbons (Fsp3) is 0.190. The van der Waals surface area contributed by atoms with Crippen molar-refractivity contribution in [3.8, 4) is 16.5 Å². The van der Waals surface area contributed by atoms with Gasteiger partial charge in [0.15, 0.2) is 0 Å². The van der Waals surface area contributed by atoms with Crippen molar-refractivity contribution in [2.24, 2.45) is 5.73 Å². The average molecular weight is 395 g/mol. The van der Waals surface area contributed by atoms with Crippen LogP contribution in [0.15, 0.2) is 47.8 Å². The molecule has 2 aromatic heterocycles. The number of carbonyl (C=O) groups excluding carboxylic acids is 2. The van der Waals surface area contributed by atoms with Crippen molar-refractivity contribution in [3.63, 3.8) is 0 Å². The number of carboxylic acid groups (broad SMARTS) is 1. The fourth-order valence-corrected chi connectivity index (χ4v) is 3.47. The van der Waals surface area contributed by atoms with Gasteiger partial charge in [-0.2, -0.15) is 0 Å². The summed E-state index contributed by atoms with van der Waals surface area (Å²) >= 11 is 1.54. The average Bonchev–Trinajstić information content (AvgIpc) is 3.20. The number of rotatable bonds is 7. The second kappa shape index (κ2) is 8.22. The zero-order valence-corrected chi connectivity index (χ0v) is 16.3. The lowest BCUT2D eigenvalue weighted by Crippen LogP contribution is -2.22. The van der Waals surface area contributed by atoms with E-state index in [9.17, 15) is 14.7 Å². The molecule has 0 aliphatic carbocycles. The number of aromatic nitrogens is 1. The topological polar surface area (TPSA) is 105 Å². The highest BCUT2D eigenvalue weighted by molar-refractivity contribution is 7.13. The second-order valence-corrected chi connectivity index (χ2v) is 7.49. The van der Waals surface area contributed by atoms with Gasteiger partial charge in [0.25, 0.3) is 5.91 Å². The van der Waals surface area contributed by atoms with Gasteiger partial charge in [0, 0.05) is 0 Å². The maximum Gasteiger partial charge on any atom is 0.254 e. The number of primary amides is 1. The number of hydrogen-bond donors (Lipinski definition) is 1. The molecule has 0 fully saturated rings. The van der Waals surface area contributed by atoms with Crippen LogP contribution in [0, 0.1) is 0 Å². The molecule has 0 bridgehead atoms. The second-order valence-electron chi connectivity index (χ2n) is 6.55. The number of thiophene rings is 1. The van der Waals surface area contributed by atoms with Gasteiger partial charge in [0.1, 0.15) is 12.2 Å². The van der Waals surface area contributed by atoms with Gasteiger partial charge in [-0.1, -0.05) is 44.2 Å². The Bertz CT molecular complexity index is 996. The van der Waals surface area contributed by atoms with Crippen LogP contribution >= 0.6 is 11.3 Å². The first kappa shape index (κ1) is 19.6. The van der Waals surface area contributed by atoms with Crippen LogP contribution in [0.2, 0.25) is 0 Å². The van der Waals surface area contributed by atoms with Crippen LogP contribution in [-0.4, -0.2) is 16.9 Å². The Morgan fingerprint density at radius 3 is 2.46 bits per heavy atom. The summed E-state index contributed by atoms with van der Waals surface area (Å²) in [7, 11) is 0. The number of pyridine rings is 1. The molecule has 28 heavy (non-hydrogen) atoms. The van der Waals surface area contributed by atoms with E-state index >= 15 is 0 Å². The number of carboxylic acids is 1. The van der Waals surface area contributed by atoms with Crippen molar-refractivity contribution in [3.05, 3.63) is 70.1 Å². The Morgan fingerprint density at radius 1 is 1.21 bits per heavy atom. The third-order valence-electron chi connectivity index (χ3n) is 4.22. The molecule has 3 rings (SSSR count). The van der Waals surface area contributed by atoms with Crippen molar-refractivity contribution in [2.45, 2.75) is 26.4 Å². The van der Waals surface area contributed by atoms with Crippen LogP contribution < -0.4 is 15.6 Å². The van der Waals surface area contributed by atoms with Crippen LogP contribution in [0.4, 0.5) is 0 Å². The van der Waals surface area contributed by atoms with Crippen molar-refractivity contribution < 1.29 is 19.4 Å². The molecule has 0 unspecified atom stereocenters. The van der Waals surface area contributed by atoms with E-state index in [4.69, 9.17) is 10.5 Å². The number of hydrogen-bond acceptors (Lipinski definition) is 6. The molecule has 3 aromatic rings. The molecule has 2 heterocycles. The monoisotopic (exact) mass is 395 g/mol. The maximum absolute atomic E-state index is 12.1. The summed E-state index contributed by atoms with van der Waals surface area (Å²) in [6.45, 7) is 4.07. The largest absolute Gasteiger partial charge is 0.545 e. The van der Waals surface area contributed by atoms with Crippen molar-refractivity contribution >= 4 is 23.2 Å². The molecule has 0 atom stereocenters. The van der Waals surface area contributed by atoms with Crippen LogP contribution in [-0.2, 0) is 6.61 Å². The number of amides is 1. The molecule has 0 aliphatic heterocycles. The van der Waals surface area contributed by atoms with Crippen LogP contribution in [0.25, 0.3) is 10.6 Å². The van der Waals surface area contributed by atoms with Crippen molar-refractivity contribution in [2.75, 3.05) is 0 Å². The highest BCUT2D eigenvalue weighted by atomic mass is 32.1. The van der Waals surface area contributed by atoms with Crippen molar-refractivity contribution in [1.82, 2.24) is 4.98 Å². The number of benzene rings is 1. The van der Waals surface area contributed by atoms with E-state index in [0.29, 0.717) is 5.69 Å². The van der Waals surface area contributed by atoms with Gasteiger partial charge in [0.05, 0.1) is 16.5 Å². The van der Waals surface area contributed by atoms with Gasteiger partial charge in [-0.25, -0.2) is 4.98 Å². The van der Waals surface area contributed by atoms with Crippen LogP contribution in [0.5, 0.6) is 5.88 Å². The van der Waals surface area contributed by atoms with Crippen molar-refractivity contribution in [1.29, 1.82) is 0 Å². The van der Waals surface area contributed by atoms with Gasteiger partial charge in [-0.15, -0.1) is 11.3 Å². The molecule has 144 valence electrons. The molecule has 1 amide bonds. The Hall–Kier alpha value is -3.19. The molecular weight excluding hydrogens is 376 g/mol. The Kier molecular flexibility index (Phi) is 5.75. The number of aromatic carboxylic acids is 1.